The molecule has 2 N–H and O–H groups in total. The molecule has 8 heteroatoms. The molecule has 1 spiro atoms. The van der Waals surface area contributed by atoms with Gasteiger partial charge in [-0.05, 0) is 19.8 Å². The lowest BCUT2D eigenvalue weighted by atomic mass is 9.98. The number of urea groups is 1. The van der Waals surface area contributed by atoms with E-state index >= 15 is 0 Å². The van der Waals surface area contributed by atoms with Crippen molar-refractivity contribution in [3.05, 3.63) is 0 Å². The number of amides is 4. The van der Waals surface area contributed by atoms with Gasteiger partial charge in [-0.25, -0.2) is 9.59 Å². The number of hydrogen-bond donors (Lipinski definition) is 2. The van der Waals surface area contributed by atoms with Gasteiger partial charge in [0.2, 0.25) is 5.91 Å². The summed E-state index contributed by atoms with van der Waals surface area (Å²) in [5, 5.41) is 11.6. The van der Waals surface area contributed by atoms with Crippen molar-refractivity contribution >= 4 is 23.8 Å². The summed E-state index contributed by atoms with van der Waals surface area (Å²) in [7, 11) is 1.34. The van der Waals surface area contributed by atoms with Crippen LogP contribution in [0.2, 0.25) is 0 Å². The third-order valence-corrected chi connectivity index (χ3v) is 4.33. The molecule has 1 atom stereocenters. The summed E-state index contributed by atoms with van der Waals surface area (Å²) < 4.78 is 0. The fraction of sp³-hybridized carbons (Fsp3) is 0.692. The van der Waals surface area contributed by atoms with Gasteiger partial charge in [-0.1, -0.05) is 12.8 Å². The van der Waals surface area contributed by atoms with Crippen molar-refractivity contribution in [2.24, 2.45) is 0 Å². The van der Waals surface area contributed by atoms with Crippen molar-refractivity contribution in [2.75, 3.05) is 13.6 Å². The summed E-state index contributed by atoms with van der Waals surface area (Å²) in [5.74, 6) is -2.10. The number of aliphatic carboxylic acids is 1. The maximum absolute atomic E-state index is 12.4. The largest absolute Gasteiger partial charge is 0.480 e. The Morgan fingerprint density at radius 1 is 1.38 bits per heavy atom. The molecule has 2 fully saturated rings. The smallest absolute Gasteiger partial charge is 0.326 e. The molecule has 0 aromatic heterocycles. The van der Waals surface area contributed by atoms with Crippen LogP contribution in [0.1, 0.15) is 32.6 Å². The molecule has 0 bridgehead atoms. The lowest BCUT2D eigenvalue weighted by Crippen LogP contribution is -2.48. The normalized spacial score (nSPS) is 21.5. The first-order valence-corrected chi connectivity index (χ1v) is 6.91. The van der Waals surface area contributed by atoms with E-state index in [1.165, 1.54) is 14.0 Å². The summed E-state index contributed by atoms with van der Waals surface area (Å²) in [6, 6.07) is -1.59. The molecular formula is C13H19N3O5. The Labute approximate surface area is 122 Å². The molecule has 0 aromatic carbocycles. The average Bonchev–Trinajstić information content (AvgIpc) is 2.98. The molecule has 1 saturated carbocycles. The molecule has 0 radical (unpaired) electrons. The minimum absolute atomic E-state index is 0.380. The van der Waals surface area contributed by atoms with Crippen LogP contribution in [-0.4, -0.2) is 63.9 Å². The zero-order valence-electron chi connectivity index (χ0n) is 12.1. The molecule has 2 aliphatic rings. The second-order valence-corrected chi connectivity index (χ2v) is 5.63. The summed E-state index contributed by atoms with van der Waals surface area (Å²) in [4.78, 5) is 49.1. The van der Waals surface area contributed by atoms with Crippen LogP contribution < -0.4 is 5.32 Å². The Balaban J connectivity index is 2.06. The van der Waals surface area contributed by atoms with Gasteiger partial charge in [0.15, 0.2) is 0 Å². The number of hydrogen-bond acceptors (Lipinski definition) is 4. The predicted molar refractivity (Wildman–Crippen MR) is 71.3 cm³/mol. The van der Waals surface area contributed by atoms with Gasteiger partial charge in [-0.3, -0.25) is 14.5 Å². The summed E-state index contributed by atoms with van der Waals surface area (Å²) in [5.41, 5.74) is -0.853. The van der Waals surface area contributed by atoms with Gasteiger partial charge >= 0.3 is 12.0 Å². The number of rotatable bonds is 4. The van der Waals surface area contributed by atoms with E-state index in [4.69, 9.17) is 5.11 Å². The Bertz CT molecular complexity index is 498. The van der Waals surface area contributed by atoms with Gasteiger partial charge in [0, 0.05) is 7.05 Å². The highest BCUT2D eigenvalue weighted by Gasteiger charge is 2.52. The summed E-state index contributed by atoms with van der Waals surface area (Å²) in [6.45, 7) is 0.936. The summed E-state index contributed by atoms with van der Waals surface area (Å²) in [6.07, 6.45) is 2.90. The van der Waals surface area contributed by atoms with E-state index in [1.54, 1.807) is 0 Å². The third-order valence-electron chi connectivity index (χ3n) is 4.33. The second kappa shape index (κ2) is 5.34. The molecule has 1 aliphatic heterocycles. The summed E-state index contributed by atoms with van der Waals surface area (Å²) >= 11 is 0. The van der Waals surface area contributed by atoms with Crippen LogP contribution >= 0.6 is 0 Å². The number of carbonyl (C=O) groups excluding carboxylic acids is 3. The SMILES string of the molecule is CC(C(=O)O)N(C)C(=O)CN1C(=O)NC2(CCCC2)C1=O. The number of imide groups is 1. The number of nitrogens with zero attached hydrogens (tertiary/aromatic N) is 2. The average molecular weight is 297 g/mol. The zero-order chi connectivity index (χ0) is 15.8. The Morgan fingerprint density at radius 2 is 1.95 bits per heavy atom. The Hall–Kier alpha value is -2.12. The number of likely N-dealkylation sites (N-methyl/N-ethyl adjacent to an activating group) is 1. The quantitative estimate of drug-likeness (QED) is 0.698. The van der Waals surface area contributed by atoms with Gasteiger partial charge in [0.05, 0.1) is 0 Å². The number of nitrogens with one attached hydrogen (secondary N) is 1. The van der Waals surface area contributed by atoms with Crippen LogP contribution in [0, 0.1) is 0 Å². The molecular weight excluding hydrogens is 278 g/mol. The van der Waals surface area contributed by atoms with Crippen molar-refractivity contribution in [2.45, 2.75) is 44.2 Å². The first-order chi connectivity index (χ1) is 9.78. The van der Waals surface area contributed by atoms with Crippen LogP contribution in [0.25, 0.3) is 0 Å². The predicted octanol–water partition coefficient (Wildman–Crippen LogP) is -0.217. The molecule has 2 rings (SSSR count). The van der Waals surface area contributed by atoms with Crippen molar-refractivity contribution in [3.8, 4) is 0 Å². The minimum atomic E-state index is -1.14. The maximum atomic E-state index is 12.4. The highest BCUT2D eigenvalue weighted by molar-refractivity contribution is 6.09. The first-order valence-electron chi connectivity index (χ1n) is 6.91. The molecule has 1 aliphatic carbocycles. The number of carbonyl (C=O) groups is 4. The topological polar surface area (TPSA) is 107 Å². The van der Waals surface area contributed by atoms with Crippen LogP contribution in [0.5, 0.6) is 0 Å². The highest BCUT2D eigenvalue weighted by atomic mass is 16.4. The van der Waals surface area contributed by atoms with Gasteiger partial charge in [-0.15, -0.1) is 0 Å². The van der Waals surface area contributed by atoms with Crippen molar-refractivity contribution < 1.29 is 24.3 Å². The number of carboxylic acid groups (broad SMARTS) is 1. The molecule has 116 valence electrons. The van der Waals surface area contributed by atoms with Crippen LogP contribution in [0.3, 0.4) is 0 Å². The van der Waals surface area contributed by atoms with E-state index in [9.17, 15) is 19.2 Å². The highest BCUT2D eigenvalue weighted by Crippen LogP contribution is 2.34. The molecule has 1 unspecified atom stereocenters. The van der Waals surface area contributed by atoms with E-state index in [1.807, 2.05) is 0 Å². The molecule has 1 saturated heterocycles. The minimum Gasteiger partial charge on any atom is -0.480 e. The standard InChI is InChI=1S/C13H19N3O5/c1-8(10(18)19)15(2)9(17)7-16-11(20)13(14-12(16)21)5-3-4-6-13/h8H,3-7H2,1-2H3,(H,14,21)(H,18,19). The van der Waals surface area contributed by atoms with Crippen molar-refractivity contribution in [1.29, 1.82) is 0 Å². The van der Waals surface area contributed by atoms with Gasteiger partial charge in [0.25, 0.3) is 5.91 Å². The van der Waals surface area contributed by atoms with Gasteiger partial charge < -0.3 is 15.3 Å². The molecule has 4 amide bonds. The van der Waals surface area contributed by atoms with E-state index in [2.05, 4.69) is 5.32 Å². The van der Waals surface area contributed by atoms with Gasteiger partial charge in [-0.2, -0.15) is 0 Å². The fourth-order valence-electron chi connectivity index (χ4n) is 2.77. The van der Waals surface area contributed by atoms with Crippen molar-refractivity contribution in [1.82, 2.24) is 15.1 Å². The molecule has 8 nitrogen and oxygen atoms in total. The van der Waals surface area contributed by atoms with E-state index in [-0.39, 0.29) is 5.91 Å². The molecule has 21 heavy (non-hydrogen) atoms. The molecule has 1 heterocycles. The monoisotopic (exact) mass is 297 g/mol. The Morgan fingerprint density at radius 3 is 2.48 bits per heavy atom. The van der Waals surface area contributed by atoms with E-state index in [0.29, 0.717) is 12.8 Å². The number of carboxylic acids is 1. The third kappa shape index (κ3) is 2.57. The van der Waals surface area contributed by atoms with E-state index in [0.717, 1.165) is 22.6 Å². The maximum Gasteiger partial charge on any atom is 0.326 e. The van der Waals surface area contributed by atoms with Crippen LogP contribution in [0.15, 0.2) is 0 Å². The lowest BCUT2D eigenvalue weighted by Gasteiger charge is -2.24. The molecule has 0 aromatic rings. The van der Waals surface area contributed by atoms with Crippen LogP contribution in [-0.2, 0) is 14.4 Å². The van der Waals surface area contributed by atoms with Gasteiger partial charge in [0.1, 0.15) is 18.1 Å². The van der Waals surface area contributed by atoms with E-state index < -0.39 is 36.0 Å². The van der Waals surface area contributed by atoms with Crippen LogP contribution in [0.4, 0.5) is 4.79 Å². The lowest BCUT2D eigenvalue weighted by molar-refractivity contribution is -0.149. The fourth-order valence-corrected chi connectivity index (χ4v) is 2.77. The van der Waals surface area contributed by atoms with Crippen molar-refractivity contribution in [3.63, 3.8) is 0 Å². The zero-order valence-corrected chi connectivity index (χ0v) is 12.1. The first kappa shape index (κ1) is 15.3. The second-order valence-electron chi connectivity index (χ2n) is 5.63. The Kier molecular flexibility index (Phi) is 3.89.